The van der Waals surface area contributed by atoms with Gasteiger partial charge in [-0.25, -0.2) is 4.98 Å². The summed E-state index contributed by atoms with van der Waals surface area (Å²) in [5.41, 5.74) is 1.04. The van der Waals surface area contributed by atoms with Crippen LogP contribution in [0.2, 0.25) is 0 Å². The molecular formula is C20H29IN4O2S. The molecule has 2 aromatic rings. The van der Waals surface area contributed by atoms with E-state index in [4.69, 9.17) is 9.47 Å². The number of hydrogen-bond acceptors (Lipinski definition) is 5. The number of guanidine groups is 1. The van der Waals surface area contributed by atoms with Gasteiger partial charge in [0.15, 0.2) is 5.96 Å². The number of benzene rings is 1. The maximum Gasteiger partial charge on any atom is 0.219 e. The quantitative estimate of drug-likeness (QED) is 0.310. The minimum atomic E-state index is 0. The molecule has 0 radical (unpaired) electrons. The molecule has 0 unspecified atom stereocenters. The lowest BCUT2D eigenvalue weighted by molar-refractivity contribution is 0.407. The standard InChI is InChI=1S/C20H28N4O2S.HI/c1-20(2,27-5)14-24-19(21-3)23-13-15-9-10-18(22-12-15)26-17-8-6-7-16(11-17)25-4;/h6-12H,13-14H2,1-5H3,(H2,21,23,24);1H. The second kappa shape index (κ2) is 12.0. The molecule has 2 rings (SSSR count). The number of aliphatic imine (C=N–C) groups is 1. The number of aromatic nitrogens is 1. The van der Waals surface area contributed by atoms with E-state index >= 15 is 0 Å². The van der Waals surface area contributed by atoms with Crippen LogP contribution < -0.4 is 20.1 Å². The molecule has 28 heavy (non-hydrogen) atoms. The molecule has 154 valence electrons. The van der Waals surface area contributed by atoms with Crippen LogP contribution in [0.5, 0.6) is 17.4 Å². The molecule has 0 amide bonds. The molecule has 0 fully saturated rings. The van der Waals surface area contributed by atoms with Crippen LogP contribution in [-0.4, -0.2) is 42.6 Å². The van der Waals surface area contributed by atoms with E-state index in [0.29, 0.717) is 18.2 Å². The first-order valence-corrected chi connectivity index (χ1v) is 9.95. The SMILES string of the molecule is CN=C(NCc1ccc(Oc2cccc(OC)c2)nc1)NCC(C)(C)SC.I. The van der Waals surface area contributed by atoms with Gasteiger partial charge < -0.3 is 20.1 Å². The van der Waals surface area contributed by atoms with Gasteiger partial charge in [0.1, 0.15) is 11.5 Å². The van der Waals surface area contributed by atoms with Crippen LogP contribution in [0.15, 0.2) is 47.6 Å². The zero-order valence-corrected chi connectivity index (χ0v) is 20.1. The Bertz CT molecular complexity index is 754. The van der Waals surface area contributed by atoms with Crippen molar-refractivity contribution in [2.75, 3.05) is 27.0 Å². The third-order valence-electron chi connectivity index (χ3n) is 3.98. The highest BCUT2D eigenvalue weighted by Crippen LogP contribution is 2.23. The van der Waals surface area contributed by atoms with Gasteiger partial charge in [0, 0.05) is 43.2 Å². The third kappa shape index (κ3) is 8.14. The number of ether oxygens (including phenoxy) is 2. The first-order valence-electron chi connectivity index (χ1n) is 8.72. The zero-order valence-electron chi connectivity index (χ0n) is 17.0. The van der Waals surface area contributed by atoms with E-state index in [1.54, 1.807) is 20.4 Å². The minimum absolute atomic E-state index is 0. The van der Waals surface area contributed by atoms with Crippen molar-refractivity contribution in [3.63, 3.8) is 0 Å². The number of hydrogen-bond donors (Lipinski definition) is 2. The summed E-state index contributed by atoms with van der Waals surface area (Å²) < 4.78 is 11.1. The molecule has 8 heteroatoms. The maximum absolute atomic E-state index is 5.76. The van der Waals surface area contributed by atoms with Crippen molar-refractivity contribution in [1.29, 1.82) is 0 Å². The molecule has 0 bridgehead atoms. The van der Waals surface area contributed by atoms with Gasteiger partial charge in [-0.15, -0.1) is 24.0 Å². The molecule has 0 spiro atoms. The molecule has 0 aliphatic rings. The Morgan fingerprint density at radius 3 is 2.54 bits per heavy atom. The Kier molecular flexibility index (Phi) is 10.4. The number of rotatable bonds is 8. The van der Waals surface area contributed by atoms with E-state index < -0.39 is 0 Å². The zero-order chi connectivity index (χ0) is 19.7. The number of pyridine rings is 1. The van der Waals surface area contributed by atoms with E-state index in [1.165, 1.54) is 0 Å². The van der Waals surface area contributed by atoms with Gasteiger partial charge in [-0.1, -0.05) is 12.1 Å². The van der Waals surface area contributed by atoms with Crippen LogP contribution in [0, 0.1) is 0 Å². The number of thioether (sulfide) groups is 1. The molecule has 0 aliphatic heterocycles. The van der Waals surface area contributed by atoms with Crippen molar-refractivity contribution in [3.05, 3.63) is 48.2 Å². The van der Waals surface area contributed by atoms with Crippen LogP contribution in [0.3, 0.4) is 0 Å². The maximum atomic E-state index is 5.76. The first-order chi connectivity index (χ1) is 13.0. The molecule has 0 saturated heterocycles. The molecule has 0 saturated carbocycles. The molecule has 1 aromatic heterocycles. The van der Waals surface area contributed by atoms with Crippen molar-refractivity contribution in [1.82, 2.24) is 15.6 Å². The Morgan fingerprint density at radius 2 is 1.93 bits per heavy atom. The lowest BCUT2D eigenvalue weighted by Crippen LogP contribution is -2.42. The first kappa shape index (κ1) is 24.4. The van der Waals surface area contributed by atoms with Gasteiger partial charge in [0.05, 0.1) is 7.11 Å². The lowest BCUT2D eigenvalue weighted by atomic mass is 10.2. The second-order valence-electron chi connectivity index (χ2n) is 6.53. The fraction of sp³-hybridized carbons (Fsp3) is 0.400. The fourth-order valence-electron chi connectivity index (χ4n) is 2.14. The van der Waals surface area contributed by atoms with Gasteiger partial charge >= 0.3 is 0 Å². The Labute approximate surface area is 188 Å². The predicted octanol–water partition coefficient (Wildman–Crippen LogP) is 4.31. The monoisotopic (exact) mass is 516 g/mol. The number of nitrogens with one attached hydrogen (secondary N) is 2. The molecule has 6 nitrogen and oxygen atoms in total. The van der Waals surface area contributed by atoms with E-state index in [9.17, 15) is 0 Å². The summed E-state index contributed by atoms with van der Waals surface area (Å²) >= 11 is 1.82. The summed E-state index contributed by atoms with van der Waals surface area (Å²) in [4.78, 5) is 8.62. The van der Waals surface area contributed by atoms with Crippen LogP contribution in [-0.2, 0) is 6.54 Å². The van der Waals surface area contributed by atoms with Crippen molar-refractivity contribution in [2.45, 2.75) is 25.1 Å². The molecule has 1 heterocycles. The topological polar surface area (TPSA) is 67.8 Å². The normalized spacial score (nSPS) is 11.4. The van der Waals surface area contributed by atoms with E-state index in [1.807, 2.05) is 48.2 Å². The Balaban J connectivity index is 0.00000392. The summed E-state index contributed by atoms with van der Waals surface area (Å²) in [5, 5.41) is 6.65. The summed E-state index contributed by atoms with van der Waals surface area (Å²) in [5.74, 6) is 2.75. The van der Waals surface area contributed by atoms with Crippen molar-refractivity contribution in [2.24, 2.45) is 4.99 Å². The molecule has 0 atom stereocenters. The minimum Gasteiger partial charge on any atom is -0.497 e. The highest BCUT2D eigenvalue weighted by atomic mass is 127. The predicted molar refractivity (Wildman–Crippen MR) is 129 cm³/mol. The van der Waals surface area contributed by atoms with Gasteiger partial charge in [-0.2, -0.15) is 11.8 Å². The van der Waals surface area contributed by atoms with Crippen LogP contribution in [0.1, 0.15) is 19.4 Å². The lowest BCUT2D eigenvalue weighted by Gasteiger charge is -2.23. The van der Waals surface area contributed by atoms with Crippen molar-refractivity contribution < 1.29 is 9.47 Å². The smallest absolute Gasteiger partial charge is 0.219 e. The summed E-state index contributed by atoms with van der Waals surface area (Å²) in [7, 11) is 3.40. The Hall–Kier alpha value is -1.68. The van der Waals surface area contributed by atoms with Crippen LogP contribution in [0.4, 0.5) is 0 Å². The summed E-state index contributed by atoms with van der Waals surface area (Å²) in [6, 6.07) is 11.3. The van der Waals surface area contributed by atoms with E-state index in [-0.39, 0.29) is 28.7 Å². The molecule has 1 aromatic carbocycles. The molecule has 0 aliphatic carbocycles. The average Bonchev–Trinajstić information content (AvgIpc) is 2.69. The van der Waals surface area contributed by atoms with Crippen LogP contribution >= 0.6 is 35.7 Å². The second-order valence-corrected chi connectivity index (χ2v) is 8.04. The Morgan fingerprint density at radius 1 is 1.18 bits per heavy atom. The van der Waals surface area contributed by atoms with Gasteiger partial charge in [0.25, 0.3) is 0 Å². The molecular weight excluding hydrogens is 487 g/mol. The van der Waals surface area contributed by atoms with Crippen molar-refractivity contribution in [3.8, 4) is 17.4 Å². The third-order valence-corrected chi connectivity index (χ3v) is 5.23. The van der Waals surface area contributed by atoms with Gasteiger partial charge in [-0.05, 0) is 37.8 Å². The average molecular weight is 516 g/mol. The largest absolute Gasteiger partial charge is 0.497 e. The number of nitrogens with zero attached hydrogens (tertiary/aromatic N) is 2. The fourth-order valence-corrected chi connectivity index (χ4v) is 2.35. The molecule has 2 N–H and O–H groups in total. The van der Waals surface area contributed by atoms with Gasteiger partial charge in [0.2, 0.25) is 5.88 Å². The highest BCUT2D eigenvalue weighted by Gasteiger charge is 2.16. The number of methoxy groups -OCH3 is 1. The van der Waals surface area contributed by atoms with Crippen molar-refractivity contribution >= 4 is 41.7 Å². The van der Waals surface area contributed by atoms with E-state index in [0.717, 1.165) is 23.8 Å². The van der Waals surface area contributed by atoms with Crippen LogP contribution in [0.25, 0.3) is 0 Å². The highest BCUT2D eigenvalue weighted by molar-refractivity contribution is 14.0. The summed E-state index contributed by atoms with van der Waals surface area (Å²) in [6.45, 7) is 5.86. The van der Waals surface area contributed by atoms with E-state index in [2.05, 4.69) is 40.7 Å². The summed E-state index contributed by atoms with van der Waals surface area (Å²) in [6.07, 6.45) is 3.90. The number of halogens is 1. The van der Waals surface area contributed by atoms with Gasteiger partial charge in [-0.3, -0.25) is 4.99 Å².